The lowest BCUT2D eigenvalue weighted by Crippen LogP contribution is -2.30. The molecule has 3 aromatic rings. The highest BCUT2D eigenvalue weighted by atomic mass is 16.5. The van der Waals surface area contributed by atoms with E-state index in [1.54, 1.807) is 6.92 Å². The highest BCUT2D eigenvalue weighted by Gasteiger charge is 2.25. The van der Waals surface area contributed by atoms with Gasteiger partial charge in [-0.1, -0.05) is 43.3 Å². The smallest absolute Gasteiger partial charge is 0.297 e. The van der Waals surface area contributed by atoms with Gasteiger partial charge in [-0.3, -0.25) is 4.57 Å². The van der Waals surface area contributed by atoms with Gasteiger partial charge in [-0.25, -0.2) is 0 Å². The molecule has 0 spiro atoms. The molecule has 164 valence electrons. The second kappa shape index (κ2) is 9.65. The van der Waals surface area contributed by atoms with E-state index < -0.39 is 0 Å². The molecule has 4 rings (SSSR count). The van der Waals surface area contributed by atoms with Crippen molar-refractivity contribution in [2.45, 2.75) is 58.2 Å². The van der Waals surface area contributed by atoms with Gasteiger partial charge in [0.05, 0.1) is 17.1 Å². The van der Waals surface area contributed by atoms with Gasteiger partial charge >= 0.3 is 0 Å². The number of hydrogen-bond donors (Lipinski definition) is 0. The van der Waals surface area contributed by atoms with Crippen LogP contribution in [-0.2, 0) is 16.6 Å². The third-order valence-corrected chi connectivity index (χ3v) is 6.09. The second-order valence-corrected chi connectivity index (χ2v) is 8.88. The van der Waals surface area contributed by atoms with Crippen LogP contribution in [0.4, 0.5) is 0 Å². The van der Waals surface area contributed by atoms with Crippen molar-refractivity contribution in [2.24, 2.45) is 13.0 Å². The standard InChI is InChI=1S/C26H32N2O3/c1-18(15-19(2)29)17-30-22-10-12-23(13-11-22)31-26-27-24-14-9-21(16-25(24)28(26)3)20-7-5-4-6-8-20/h4-9,14,16,18,22-23H,10-13,15,17H2,1-3H3/t18-,22?,23?/m1/s1. The zero-order valence-corrected chi connectivity index (χ0v) is 18.7. The van der Waals surface area contributed by atoms with Crippen molar-refractivity contribution >= 4 is 16.8 Å². The topological polar surface area (TPSA) is 53.4 Å². The molecular weight excluding hydrogens is 388 g/mol. The highest BCUT2D eigenvalue weighted by Crippen LogP contribution is 2.29. The van der Waals surface area contributed by atoms with Gasteiger partial charge in [-0.15, -0.1) is 0 Å². The quantitative estimate of drug-likeness (QED) is 0.479. The minimum absolute atomic E-state index is 0.165. The van der Waals surface area contributed by atoms with E-state index in [2.05, 4.69) is 49.4 Å². The molecule has 5 heteroatoms. The second-order valence-electron chi connectivity index (χ2n) is 8.88. The molecule has 0 bridgehead atoms. The van der Waals surface area contributed by atoms with Crippen LogP contribution in [0.1, 0.15) is 46.0 Å². The summed E-state index contributed by atoms with van der Waals surface area (Å²) in [6.07, 6.45) is 4.92. The van der Waals surface area contributed by atoms with Crippen LogP contribution in [0.15, 0.2) is 48.5 Å². The van der Waals surface area contributed by atoms with E-state index in [0.29, 0.717) is 19.0 Å². The number of carbonyl (C=O) groups excluding carboxylic acids is 1. The maximum absolute atomic E-state index is 11.2. The van der Waals surface area contributed by atoms with Crippen LogP contribution >= 0.6 is 0 Å². The summed E-state index contributed by atoms with van der Waals surface area (Å²) in [5.41, 5.74) is 4.41. The molecule has 31 heavy (non-hydrogen) atoms. The average molecular weight is 421 g/mol. The number of rotatable bonds is 8. The molecule has 1 aromatic heterocycles. The zero-order valence-electron chi connectivity index (χ0n) is 18.7. The summed E-state index contributed by atoms with van der Waals surface area (Å²) in [7, 11) is 2.02. The number of fused-ring (bicyclic) bond motifs is 1. The summed E-state index contributed by atoms with van der Waals surface area (Å²) in [5, 5.41) is 0. The largest absolute Gasteiger partial charge is 0.461 e. The molecule has 5 nitrogen and oxygen atoms in total. The van der Waals surface area contributed by atoms with Gasteiger partial charge in [0.25, 0.3) is 6.01 Å². The minimum Gasteiger partial charge on any atom is -0.461 e. The van der Waals surface area contributed by atoms with Gasteiger partial charge < -0.3 is 14.3 Å². The van der Waals surface area contributed by atoms with E-state index in [9.17, 15) is 4.79 Å². The number of imidazole rings is 1. The van der Waals surface area contributed by atoms with E-state index in [-0.39, 0.29) is 23.9 Å². The van der Waals surface area contributed by atoms with Gasteiger partial charge in [0.2, 0.25) is 0 Å². The Morgan fingerprint density at radius 3 is 2.48 bits per heavy atom. The number of carbonyl (C=O) groups is 1. The van der Waals surface area contributed by atoms with Crippen molar-refractivity contribution in [2.75, 3.05) is 6.61 Å². The van der Waals surface area contributed by atoms with Crippen LogP contribution in [-0.4, -0.2) is 34.1 Å². The lowest BCUT2D eigenvalue weighted by Gasteiger charge is -2.29. The first-order chi connectivity index (χ1) is 15.0. The van der Waals surface area contributed by atoms with Gasteiger partial charge in [0, 0.05) is 20.1 Å². The van der Waals surface area contributed by atoms with Crippen LogP contribution in [0.25, 0.3) is 22.2 Å². The summed E-state index contributed by atoms with van der Waals surface area (Å²) >= 11 is 0. The summed E-state index contributed by atoms with van der Waals surface area (Å²) in [6, 6.07) is 17.4. The molecule has 0 amide bonds. The SMILES string of the molecule is CC(=O)C[C@@H](C)COC1CCC(Oc2nc3ccc(-c4ccccc4)cc3n2C)CC1. The van der Waals surface area contributed by atoms with Crippen molar-refractivity contribution in [1.29, 1.82) is 0 Å². The molecule has 0 saturated heterocycles. The first-order valence-corrected chi connectivity index (χ1v) is 11.3. The van der Waals surface area contributed by atoms with Crippen LogP contribution in [0.3, 0.4) is 0 Å². The Morgan fingerprint density at radius 2 is 1.77 bits per heavy atom. The lowest BCUT2D eigenvalue weighted by atomic mass is 9.95. The summed E-state index contributed by atoms with van der Waals surface area (Å²) in [5.74, 6) is 0.513. The predicted octanol–water partition coefficient (Wildman–Crippen LogP) is 5.56. The average Bonchev–Trinajstić information content (AvgIpc) is 3.08. The number of ether oxygens (including phenoxy) is 2. The fourth-order valence-corrected chi connectivity index (χ4v) is 4.40. The number of Topliss-reactive ketones (excluding diaryl/α,β-unsaturated/α-hetero) is 1. The minimum atomic E-state index is 0.165. The van der Waals surface area contributed by atoms with Gasteiger partial charge in [-0.05, 0) is 61.8 Å². The highest BCUT2D eigenvalue weighted by molar-refractivity contribution is 5.83. The number of nitrogens with zero attached hydrogens (tertiary/aromatic N) is 2. The van der Waals surface area contributed by atoms with Crippen LogP contribution in [0, 0.1) is 5.92 Å². The first-order valence-electron chi connectivity index (χ1n) is 11.3. The van der Waals surface area contributed by atoms with Crippen molar-refractivity contribution in [3.8, 4) is 17.1 Å². The Kier molecular flexibility index (Phi) is 6.71. The van der Waals surface area contributed by atoms with Gasteiger partial charge in [0.1, 0.15) is 11.9 Å². The molecule has 1 saturated carbocycles. The molecule has 0 radical (unpaired) electrons. The molecule has 1 fully saturated rings. The van der Waals surface area contributed by atoms with Crippen LogP contribution < -0.4 is 4.74 Å². The molecular formula is C26H32N2O3. The Hall–Kier alpha value is -2.66. The Morgan fingerprint density at radius 1 is 1.06 bits per heavy atom. The summed E-state index contributed by atoms with van der Waals surface area (Å²) < 4.78 is 14.4. The lowest BCUT2D eigenvalue weighted by molar-refractivity contribution is -0.118. The molecule has 1 aliphatic carbocycles. The van der Waals surface area contributed by atoms with Crippen LogP contribution in [0.2, 0.25) is 0 Å². The molecule has 0 unspecified atom stereocenters. The van der Waals surface area contributed by atoms with E-state index in [1.165, 1.54) is 11.1 Å². The van der Waals surface area contributed by atoms with Crippen molar-refractivity contribution in [3.63, 3.8) is 0 Å². The first kappa shape index (κ1) is 21.6. The summed E-state index contributed by atoms with van der Waals surface area (Å²) in [6.45, 7) is 4.37. The maximum atomic E-state index is 11.2. The van der Waals surface area contributed by atoms with Crippen molar-refractivity contribution in [1.82, 2.24) is 9.55 Å². The number of aromatic nitrogens is 2. The van der Waals surface area contributed by atoms with Crippen molar-refractivity contribution < 1.29 is 14.3 Å². The number of aryl methyl sites for hydroxylation is 1. The Bertz CT molecular complexity index is 1020. The fraction of sp³-hybridized carbons (Fsp3) is 0.462. The summed E-state index contributed by atoms with van der Waals surface area (Å²) in [4.78, 5) is 15.9. The molecule has 1 atom stereocenters. The molecule has 2 aromatic carbocycles. The van der Waals surface area contributed by atoms with Gasteiger partial charge in [-0.2, -0.15) is 4.98 Å². The number of ketones is 1. The Labute approximate surface area is 184 Å². The van der Waals surface area contributed by atoms with E-state index in [1.807, 2.05) is 17.7 Å². The molecule has 1 heterocycles. The molecule has 1 aliphatic rings. The predicted molar refractivity (Wildman–Crippen MR) is 123 cm³/mol. The third-order valence-electron chi connectivity index (χ3n) is 6.09. The maximum Gasteiger partial charge on any atom is 0.297 e. The van der Waals surface area contributed by atoms with E-state index in [4.69, 9.17) is 14.5 Å². The normalized spacial score (nSPS) is 20.0. The fourth-order valence-electron chi connectivity index (χ4n) is 4.40. The van der Waals surface area contributed by atoms with Crippen LogP contribution in [0.5, 0.6) is 6.01 Å². The van der Waals surface area contributed by atoms with E-state index in [0.717, 1.165) is 36.7 Å². The Balaban J connectivity index is 1.35. The number of hydrogen-bond acceptors (Lipinski definition) is 4. The van der Waals surface area contributed by atoms with E-state index >= 15 is 0 Å². The van der Waals surface area contributed by atoms with Crippen molar-refractivity contribution in [3.05, 3.63) is 48.5 Å². The monoisotopic (exact) mass is 420 g/mol. The van der Waals surface area contributed by atoms with Gasteiger partial charge in [0.15, 0.2) is 0 Å². The zero-order chi connectivity index (χ0) is 21.8. The third kappa shape index (κ3) is 5.34. The number of benzene rings is 2. The molecule has 0 N–H and O–H groups in total. The molecule has 0 aliphatic heterocycles.